The molecule has 0 aliphatic carbocycles. The van der Waals surface area contributed by atoms with Crippen LogP contribution < -0.4 is 5.32 Å². The van der Waals surface area contributed by atoms with E-state index in [0.29, 0.717) is 5.56 Å². The minimum absolute atomic E-state index is 0.0893. The van der Waals surface area contributed by atoms with Gasteiger partial charge in [-0.1, -0.05) is 30.3 Å². The van der Waals surface area contributed by atoms with E-state index in [9.17, 15) is 14.3 Å². The Kier molecular flexibility index (Phi) is 4.72. The number of nitrogens with one attached hydrogen (secondary N) is 1. The van der Waals surface area contributed by atoms with E-state index in [-0.39, 0.29) is 12.1 Å². The van der Waals surface area contributed by atoms with Gasteiger partial charge in [-0.05, 0) is 35.9 Å². The molecule has 122 valence electrons. The number of hydrogen-bond acceptors (Lipinski definition) is 2. The molecular weight excluding hydrogens is 307 g/mol. The molecule has 0 radical (unpaired) electrons. The summed E-state index contributed by atoms with van der Waals surface area (Å²) >= 11 is 0. The summed E-state index contributed by atoms with van der Waals surface area (Å²) in [6, 6.07) is 17.1. The quantitative estimate of drug-likeness (QED) is 0.752. The number of carbonyl (C=O) groups is 1. The van der Waals surface area contributed by atoms with Gasteiger partial charge in [-0.25, -0.2) is 4.39 Å². The number of aromatic nitrogens is 1. The lowest BCUT2D eigenvalue weighted by Crippen LogP contribution is -2.16. The number of carbonyl (C=O) groups excluding carboxylic acids is 1. The van der Waals surface area contributed by atoms with Crippen LogP contribution in [0.3, 0.4) is 0 Å². The molecule has 2 N–H and O–H groups in total. The lowest BCUT2D eigenvalue weighted by Gasteiger charge is -2.13. The van der Waals surface area contributed by atoms with Gasteiger partial charge >= 0.3 is 0 Å². The molecule has 0 bridgehead atoms. The molecule has 5 heteroatoms. The van der Waals surface area contributed by atoms with E-state index in [4.69, 9.17) is 0 Å². The summed E-state index contributed by atoms with van der Waals surface area (Å²) < 4.78 is 15.8. The summed E-state index contributed by atoms with van der Waals surface area (Å²) in [4.78, 5) is 12.1. The molecule has 3 rings (SSSR count). The molecule has 2 aromatic carbocycles. The van der Waals surface area contributed by atoms with E-state index < -0.39 is 17.8 Å². The van der Waals surface area contributed by atoms with Gasteiger partial charge in [0, 0.05) is 18.1 Å². The van der Waals surface area contributed by atoms with Gasteiger partial charge in [-0.15, -0.1) is 0 Å². The summed E-state index contributed by atoms with van der Waals surface area (Å²) in [6.07, 6.45) is 2.59. The summed E-state index contributed by atoms with van der Waals surface area (Å²) in [5.74, 6) is -0.969. The number of amides is 1. The molecule has 3 aromatic rings. The van der Waals surface area contributed by atoms with Crippen LogP contribution in [0.4, 0.5) is 10.1 Å². The minimum atomic E-state index is -0.929. The van der Waals surface area contributed by atoms with Crippen molar-refractivity contribution in [3.8, 4) is 5.69 Å². The highest BCUT2D eigenvalue weighted by Gasteiger charge is 2.14. The van der Waals surface area contributed by atoms with Crippen LogP contribution in [0.5, 0.6) is 0 Å². The fraction of sp³-hybridized carbons (Fsp3) is 0.105. The topological polar surface area (TPSA) is 54.3 Å². The van der Waals surface area contributed by atoms with E-state index in [1.807, 2.05) is 35.2 Å². The molecule has 0 aliphatic heterocycles. The number of benzene rings is 2. The van der Waals surface area contributed by atoms with Crippen molar-refractivity contribution in [1.82, 2.24) is 4.57 Å². The van der Waals surface area contributed by atoms with Crippen molar-refractivity contribution < 1.29 is 14.3 Å². The smallest absolute Gasteiger partial charge is 0.227 e. The molecule has 0 saturated heterocycles. The fourth-order valence-electron chi connectivity index (χ4n) is 2.45. The first-order chi connectivity index (χ1) is 11.6. The summed E-state index contributed by atoms with van der Waals surface area (Å²) in [5, 5.41) is 12.6. The van der Waals surface area contributed by atoms with Crippen molar-refractivity contribution in [2.75, 3.05) is 5.32 Å². The van der Waals surface area contributed by atoms with Gasteiger partial charge in [0.1, 0.15) is 5.82 Å². The molecule has 24 heavy (non-hydrogen) atoms. The number of aliphatic hydroxyl groups excluding tert-OH is 1. The number of halogens is 1. The number of anilines is 1. The third-order valence-electron chi connectivity index (χ3n) is 3.69. The maximum absolute atomic E-state index is 13.9. The molecule has 0 spiro atoms. The lowest BCUT2D eigenvalue weighted by molar-refractivity contribution is -0.118. The largest absolute Gasteiger partial charge is 0.388 e. The minimum Gasteiger partial charge on any atom is -0.388 e. The Balaban J connectivity index is 1.71. The second kappa shape index (κ2) is 7.10. The molecule has 0 aliphatic rings. The second-order valence-electron chi connectivity index (χ2n) is 5.43. The Morgan fingerprint density at radius 3 is 2.50 bits per heavy atom. The van der Waals surface area contributed by atoms with Crippen LogP contribution in [0.15, 0.2) is 73.1 Å². The maximum Gasteiger partial charge on any atom is 0.227 e. The van der Waals surface area contributed by atoms with Gasteiger partial charge < -0.3 is 15.0 Å². The third kappa shape index (κ3) is 3.70. The van der Waals surface area contributed by atoms with Gasteiger partial charge in [-0.3, -0.25) is 4.79 Å². The predicted octanol–water partition coefficient (Wildman–Crippen LogP) is 3.68. The standard InChI is InChI=1S/C19H17FN2O2/c20-16-9-8-15(22-10-4-5-11-22)12-17(16)21-19(24)13-18(23)14-6-2-1-3-7-14/h1-12,18,23H,13H2,(H,21,24). The Hall–Kier alpha value is -2.92. The molecule has 1 heterocycles. The maximum atomic E-state index is 13.9. The average molecular weight is 324 g/mol. The lowest BCUT2D eigenvalue weighted by atomic mass is 10.1. The first-order valence-corrected chi connectivity index (χ1v) is 7.59. The molecule has 0 fully saturated rings. The van der Waals surface area contributed by atoms with Crippen molar-refractivity contribution in [1.29, 1.82) is 0 Å². The third-order valence-corrected chi connectivity index (χ3v) is 3.69. The summed E-state index contributed by atoms with van der Waals surface area (Å²) in [6.45, 7) is 0. The highest BCUT2D eigenvalue weighted by Crippen LogP contribution is 2.21. The van der Waals surface area contributed by atoms with Crippen LogP contribution in [0.2, 0.25) is 0 Å². The molecule has 0 saturated carbocycles. The van der Waals surface area contributed by atoms with E-state index >= 15 is 0 Å². The van der Waals surface area contributed by atoms with Crippen LogP contribution in [-0.4, -0.2) is 15.6 Å². The van der Waals surface area contributed by atoms with Crippen LogP contribution in [0.1, 0.15) is 18.1 Å². The van der Waals surface area contributed by atoms with Gasteiger partial charge in [0.2, 0.25) is 5.91 Å². The first kappa shape index (κ1) is 16.0. The molecule has 1 aromatic heterocycles. The zero-order chi connectivity index (χ0) is 16.9. The predicted molar refractivity (Wildman–Crippen MR) is 90.4 cm³/mol. The van der Waals surface area contributed by atoms with Gasteiger partial charge in [-0.2, -0.15) is 0 Å². The van der Waals surface area contributed by atoms with Crippen molar-refractivity contribution in [2.24, 2.45) is 0 Å². The normalized spacial score (nSPS) is 11.9. The Labute approximate surface area is 139 Å². The van der Waals surface area contributed by atoms with E-state index in [0.717, 1.165) is 5.69 Å². The monoisotopic (exact) mass is 324 g/mol. The van der Waals surface area contributed by atoms with Crippen molar-refractivity contribution in [3.05, 3.63) is 84.4 Å². The van der Waals surface area contributed by atoms with Crippen LogP contribution in [-0.2, 0) is 4.79 Å². The fourth-order valence-corrected chi connectivity index (χ4v) is 2.45. The molecule has 4 nitrogen and oxygen atoms in total. The number of rotatable bonds is 5. The van der Waals surface area contributed by atoms with E-state index in [2.05, 4.69) is 5.32 Å². The van der Waals surface area contributed by atoms with Crippen molar-refractivity contribution in [2.45, 2.75) is 12.5 Å². The Morgan fingerprint density at radius 2 is 1.79 bits per heavy atom. The van der Waals surface area contributed by atoms with Gasteiger partial charge in [0.15, 0.2) is 0 Å². The SMILES string of the molecule is O=C(CC(O)c1ccccc1)Nc1cc(-n2cccc2)ccc1F. The Morgan fingerprint density at radius 1 is 1.08 bits per heavy atom. The van der Waals surface area contributed by atoms with Gasteiger partial charge in [0.25, 0.3) is 0 Å². The van der Waals surface area contributed by atoms with Crippen molar-refractivity contribution >= 4 is 11.6 Å². The highest BCUT2D eigenvalue weighted by molar-refractivity contribution is 5.91. The second-order valence-corrected chi connectivity index (χ2v) is 5.43. The summed E-state index contributed by atoms with van der Waals surface area (Å²) in [5.41, 5.74) is 1.47. The zero-order valence-electron chi connectivity index (χ0n) is 12.9. The van der Waals surface area contributed by atoms with Crippen LogP contribution >= 0.6 is 0 Å². The van der Waals surface area contributed by atoms with E-state index in [1.165, 1.54) is 6.07 Å². The number of nitrogens with zero attached hydrogens (tertiary/aromatic N) is 1. The van der Waals surface area contributed by atoms with E-state index in [1.54, 1.807) is 36.4 Å². The molecule has 1 atom stereocenters. The van der Waals surface area contributed by atoms with Crippen molar-refractivity contribution in [3.63, 3.8) is 0 Å². The van der Waals surface area contributed by atoms with Crippen LogP contribution in [0, 0.1) is 5.82 Å². The first-order valence-electron chi connectivity index (χ1n) is 7.59. The number of hydrogen-bond donors (Lipinski definition) is 2. The average Bonchev–Trinajstić information content (AvgIpc) is 3.12. The zero-order valence-corrected chi connectivity index (χ0v) is 12.9. The number of aliphatic hydroxyl groups is 1. The highest BCUT2D eigenvalue weighted by atomic mass is 19.1. The van der Waals surface area contributed by atoms with Crippen LogP contribution in [0.25, 0.3) is 5.69 Å². The Bertz CT molecular complexity index is 817. The summed E-state index contributed by atoms with van der Waals surface area (Å²) in [7, 11) is 0. The van der Waals surface area contributed by atoms with Gasteiger partial charge in [0.05, 0.1) is 18.2 Å². The molecule has 1 unspecified atom stereocenters. The molecule has 1 amide bonds. The molecular formula is C19H17FN2O2.